The van der Waals surface area contributed by atoms with Gasteiger partial charge in [-0.25, -0.2) is 4.79 Å². The highest BCUT2D eigenvalue weighted by Gasteiger charge is 2.51. The van der Waals surface area contributed by atoms with Gasteiger partial charge in [-0.2, -0.15) is 0 Å². The molecule has 1 saturated carbocycles. The second kappa shape index (κ2) is 6.56. The number of nitrogens with zero attached hydrogens (tertiary/aromatic N) is 1. The molecule has 3 rings (SSSR count). The molecule has 0 atom stereocenters. The van der Waals surface area contributed by atoms with Crippen LogP contribution in [0, 0.1) is 0 Å². The van der Waals surface area contributed by atoms with Crippen LogP contribution in [0.25, 0.3) is 0 Å². The van der Waals surface area contributed by atoms with Crippen molar-refractivity contribution in [3.05, 3.63) is 21.3 Å². The quantitative estimate of drug-likeness (QED) is 0.618. The van der Waals surface area contributed by atoms with Crippen LogP contribution in [0.2, 0.25) is 5.02 Å². The molecule has 0 bridgehead atoms. The smallest absolute Gasteiger partial charge is 0.323 e. The summed E-state index contributed by atoms with van der Waals surface area (Å²) in [5, 5.41) is 8.95. The first-order valence-electron chi connectivity index (χ1n) is 7.69. The Morgan fingerprint density at radius 1 is 1.36 bits per heavy atom. The third kappa shape index (κ3) is 3.00. The van der Waals surface area contributed by atoms with E-state index in [1.54, 1.807) is 11.3 Å². The molecule has 1 aliphatic carbocycles. The summed E-state index contributed by atoms with van der Waals surface area (Å²) in [6.07, 6.45) is 4.34. The molecule has 2 fully saturated rings. The molecular weight excluding hydrogens is 322 g/mol. The lowest BCUT2D eigenvalue weighted by molar-refractivity contribution is -0.131. The summed E-state index contributed by atoms with van der Waals surface area (Å²) in [5.74, 6) is -0.0312. The number of hydrogen-bond acceptors (Lipinski definition) is 4. The van der Waals surface area contributed by atoms with Gasteiger partial charge < -0.3 is 10.6 Å². The third-order valence-electron chi connectivity index (χ3n) is 4.41. The molecule has 2 heterocycles. The van der Waals surface area contributed by atoms with Crippen LogP contribution in [0.3, 0.4) is 0 Å². The predicted octanol–water partition coefficient (Wildman–Crippen LogP) is 2.75. The van der Waals surface area contributed by atoms with Crippen LogP contribution in [0.5, 0.6) is 0 Å². The average Bonchev–Trinajstić information content (AvgIpc) is 3.17. The van der Waals surface area contributed by atoms with E-state index in [4.69, 9.17) is 11.6 Å². The van der Waals surface area contributed by atoms with Gasteiger partial charge in [0, 0.05) is 18.0 Å². The van der Waals surface area contributed by atoms with Gasteiger partial charge >= 0.3 is 6.03 Å². The SMILES string of the molecule is O=C1NC2(CCCC2)C(=O)N1CCCNCc1sccc1Cl. The Labute approximate surface area is 139 Å². The Bertz CT molecular complexity index is 569. The number of thiophene rings is 1. The second-order valence-corrected chi connectivity index (χ2v) is 7.31. The lowest BCUT2D eigenvalue weighted by atomic mass is 9.98. The zero-order chi connectivity index (χ0) is 15.6. The zero-order valence-electron chi connectivity index (χ0n) is 12.4. The van der Waals surface area contributed by atoms with Crippen LogP contribution in [-0.4, -0.2) is 35.5 Å². The average molecular weight is 342 g/mol. The zero-order valence-corrected chi connectivity index (χ0v) is 13.9. The highest BCUT2D eigenvalue weighted by atomic mass is 35.5. The van der Waals surface area contributed by atoms with Gasteiger partial charge in [0.25, 0.3) is 5.91 Å². The Morgan fingerprint density at radius 2 is 2.14 bits per heavy atom. The number of carbonyl (C=O) groups is 2. The molecule has 3 amide bonds. The number of nitrogens with one attached hydrogen (secondary N) is 2. The van der Waals surface area contributed by atoms with E-state index in [0.29, 0.717) is 6.54 Å². The molecule has 1 aromatic rings. The van der Waals surface area contributed by atoms with Crippen LogP contribution in [-0.2, 0) is 11.3 Å². The number of carbonyl (C=O) groups excluding carboxylic acids is 2. The van der Waals surface area contributed by atoms with E-state index in [1.165, 1.54) is 4.90 Å². The molecule has 120 valence electrons. The van der Waals surface area contributed by atoms with Crippen molar-refractivity contribution in [1.29, 1.82) is 0 Å². The van der Waals surface area contributed by atoms with Crippen LogP contribution in [0.15, 0.2) is 11.4 Å². The van der Waals surface area contributed by atoms with Gasteiger partial charge in [0.1, 0.15) is 5.54 Å². The van der Waals surface area contributed by atoms with E-state index >= 15 is 0 Å². The topological polar surface area (TPSA) is 61.4 Å². The van der Waals surface area contributed by atoms with Gasteiger partial charge in [0.15, 0.2) is 0 Å². The third-order valence-corrected chi connectivity index (χ3v) is 5.80. The Morgan fingerprint density at radius 3 is 2.82 bits per heavy atom. The lowest BCUT2D eigenvalue weighted by Crippen LogP contribution is -2.44. The minimum atomic E-state index is -0.588. The fourth-order valence-corrected chi connectivity index (χ4v) is 4.28. The fourth-order valence-electron chi connectivity index (χ4n) is 3.21. The fraction of sp³-hybridized carbons (Fsp3) is 0.600. The highest BCUT2D eigenvalue weighted by molar-refractivity contribution is 7.10. The van der Waals surface area contributed by atoms with E-state index in [9.17, 15) is 9.59 Å². The summed E-state index contributed by atoms with van der Waals surface area (Å²) in [7, 11) is 0. The summed E-state index contributed by atoms with van der Waals surface area (Å²) >= 11 is 7.65. The first-order valence-corrected chi connectivity index (χ1v) is 8.95. The predicted molar refractivity (Wildman–Crippen MR) is 87.1 cm³/mol. The normalized spacial score (nSPS) is 20.1. The maximum atomic E-state index is 12.4. The van der Waals surface area contributed by atoms with E-state index in [-0.39, 0.29) is 11.9 Å². The maximum Gasteiger partial charge on any atom is 0.325 e. The van der Waals surface area contributed by atoms with Crippen molar-refractivity contribution in [2.45, 2.75) is 44.2 Å². The first kappa shape index (κ1) is 15.8. The van der Waals surface area contributed by atoms with E-state index in [0.717, 1.165) is 55.1 Å². The van der Waals surface area contributed by atoms with Gasteiger partial charge in [-0.3, -0.25) is 9.69 Å². The van der Waals surface area contributed by atoms with Crippen LogP contribution in [0.1, 0.15) is 37.0 Å². The van der Waals surface area contributed by atoms with Gasteiger partial charge in [0.05, 0.1) is 5.02 Å². The summed E-state index contributed by atoms with van der Waals surface area (Å²) in [5.41, 5.74) is -0.588. The van der Waals surface area contributed by atoms with Crippen LogP contribution in [0.4, 0.5) is 4.79 Å². The van der Waals surface area contributed by atoms with Crippen molar-refractivity contribution in [1.82, 2.24) is 15.5 Å². The minimum Gasteiger partial charge on any atom is -0.323 e. The highest BCUT2D eigenvalue weighted by Crippen LogP contribution is 2.34. The lowest BCUT2D eigenvalue weighted by Gasteiger charge is -2.20. The van der Waals surface area contributed by atoms with E-state index in [1.807, 2.05) is 11.4 Å². The molecule has 1 aliphatic heterocycles. The monoisotopic (exact) mass is 341 g/mol. The van der Waals surface area contributed by atoms with Crippen molar-refractivity contribution in [3.63, 3.8) is 0 Å². The maximum absolute atomic E-state index is 12.4. The number of hydrogen-bond donors (Lipinski definition) is 2. The van der Waals surface area contributed by atoms with Crippen molar-refractivity contribution in [3.8, 4) is 0 Å². The van der Waals surface area contributed by atoms with Crippen molar-refractivity contribution in [2.24, 2.45) is 0 Å². The molecular formula is C15H20ClN3O2S. The standard InChI is InChI=1S/C15H20ClN3O2S/c16-11-4-9-22-12(11)10-17-7-3-8-19-13(20)15(18-14(19)21)5-1-2-6-15/h4,9,17H,1-3,5-8,10H2,(H,18,21). The molecule has 1 aromatic heterocycles. The largest absolute Gasteiger partial charge is 0.325 e. The van der Waals surface area contributed by atoms with Crippen molar-refractivity contribution < 1.29 is 9.59 Å². The van der Waals surface area contributed by atoms with Gasteiger partial charge in [-0.15, -0.1) is 11.3 Å². The van der Waals surface area contributed by atoms with Crippen molar-refractivity contribution >= 4 is 34.9 Å². The summed E-state index contributed by atoms with van der Waals surface area (Å²) < 4.78 is 0. The molecule has 22 heavy (non-hydrogen) atoms. The second-order valence-electron chi connectivity index (χ2n) is 5.90. The molecule has 1 saturated heterocycles. The molecule has 2 N–H and O–H groups in total. The molecule has 0 unspecified atom stereocenters. The molecule has 1 spiro atoms. The Hall–Kier alpha value is -1.11. The summed E-state index contributed by atoms with van der Waals surface area (Å²) in [6.45, 7) is 1.94. The number of rotatable bonds is 6. The van der Waals surface area contributed by atoms with Crippen LogP contribution >= 0.6 is 22.9 Å². The minimum absolute atomic E-state index is 0.0312. The number of imide groups is 1. The Kier molecular flexibility index (Phi) is 4.70. The molecule has 7 heteroatoms. The summed E-state index contributed by atoms with van der Waals surface area (Å²) in [6, 6.07) is 1.66. The van der Waals surface area contributed by atoms with Crippen molar-refractivity contribution in [2.75, 3.05) is 13.1 Å². The Balaban J connectivity index is 1.43. The molecule has 0 aromatic carbocycles. The molecule has 2 aliphatic rings. The summed E-state index contributed by atoms with van der Waals surface area (Å²) in [4.78, 5) is 26.9. The van der Waals surface area contributed by atoms with E-state index < -0.39 is 5.54 Å². The van der Waals surface area contributed by atoms with Gasteiger partial charge in [-0.1, -0.05) is 24.4 Å². The van der Waals surface area contributed by atoms with Gasteiger partial charge in [0.2, 0.25) is 0 Å². The van der Waals surface area contributed by atoms with E-state index in [2.05, 4.69) is 10.6 Å². The molecule has 0 radical (unpaired) electrons. The van der Waals surface area contributed by atoms with Crippen LogP contribution < -0.4 is 10.6 Å². The van der Waals surface area contributed by atoms with Gasteiger partial charge in [-0.05, 0) is 37.3 Å². The molecule has 5 nitrogen and oxygen atoms in total. The first-order chi connectivity index (χ1) is 10.6. The number of urea groups is 1. The number of halogens is 1. The number of amides is 3.